The number of Topliss-reactive ketones (excluding diaryl/α,β-unsaturated/α-hetero) is 2. The number of halogens is 1. The fraction of sp³-hybridized carbons (Fsp3) is 0.522. The number of amides is 1. The van der Waals surface area contributed by atoms with Crippen molar-refractivity contribution in [2.75, 3.05) is 19.7 Å². The minimum atomic E-state index is -0.355. The quantitative estimate of drug-likeness (QED) is 0.622. The van der Waals surface area contributed by atoms with E-state index in [1.807, 2.05) is 6.07 Å². The number of hydrogen-bond donors (Lipinski definition) is 1. The number of aromatic nitrogens is 2. The molecular formula is C23H25ClN4O4S. The van der Waals surface area contributed by atoms with Crippen LogP contribution in [0.15, 0.2) is 30.7 Å². The molecule has 1 unspecified atom stereocenters. The number of ketones is 2. The monoisotopic (exact) mass is 488 g/mol. The fourth-order valence-electron chi connectivity index (χ4n) is 5.27. The van der Waals surface area contributed by atoms with Crippen LogP contribution in [0.5, 0.6) is 0 Å². The van der Waals surface area contributed by atoms with Gasteiger partial charge < -0.3 is 10.1 Å². The molecule has 2 aromatic heterocycles. The molecule has 10 heteroatoms. The Kier molecular flexibility index (Phi) is 6.56. The number of alkyl halides is 1. The average Bonchev–Trinajstić information content (AvgIpc) is 3.56. The lowest BCUT2D eigenvalue weighted by Gasteiger charge is -2.39. The molecule has 1 aliphatic carbocycles. The molecule has 4 heterocycles. The van der Waals surface area contributed by atoms with Gasteiger partial charge in [-0.25, -0.2) is 0 Å². The Labute approximate surface area is 200 Å². The van der Waals surface area contributed by atoms with Gasteiger partial charge in [-0.15, -0.1) is 22.9 Å². The van der Waals surface area contributed by atoms with Crippen molar-refractivity contribution in [2.45, 2.75) is 49.2 Å². The van der Waals surface area contributed by atoms with E-state index >= 15 is 0 Å². The number of nitrogens with one attached hydrogen (secondary N) is 1. The highest BCUT2D eigenvalue weighted by atomic mass is 35.5. The van der Waals surface area contributed by atoms with Crippen molar-refractivity contribution in [3.05, 3.63) is 35.6 Å². The molecule has 8 nitrogen and oxygen atoms in total. The van der Waals surface area contributed by atoms with Gasteiger partial charge in [-0.05, 0) is 25.0 Å². The number of hydrogen-bond acceptors (Lipinski definition) is 8. The largest absolute Gasteiger partial charge is 0.367 e. The normalized spacial score (nSPS) is 29.7. The maximum atomic E-state index is 13.2. The highest BCUT2D eigenvalue weighted by Crippen LogP contribution is 2.38. The standard InChI is InChI=1S/C23H25ClN4O4S/c24-14-11-28(21-18(30)12-32-22(14)21)16-4-2-1-3-13(16)17(29)10-27-23(31)20-6-5-19(33-20)15-9-25-7-8-26-15/h5-9,13-14,16,21-22H,1-4,10-12H2,(H,27,31)/t13-,14-,16?,21+,22+/m0/s1. The average molecular weight is 489 g/mol. The summed E-state index contributed by atoms with van der Waals surface area (Å²) in [5, 5.41) is 2.54. The summed E-state index contributed by atoms with van der Waals surface area (Å²) in [7, 11) is 0. The smallest absolute Gasteiger partial charge is 0.261 e. The summed E-state index contributed by atoms with van der Waals surface area (Å²) in [5.74, 6) is -0.463. The van der Waals surface area contributed by atoms with E-state index in [0.717, 1.165) is 30.6 Å². The first-order chi connectivity index (χ1) is 16.0. The minimum Gasteiger partial charge on any atom is -0.367 e. The number of carbonyl (C=O) groups is 3. The molecule has 1 saturated carbocycles. The number of nitrogens with zero attached hydrogens (tertiary/aromatic N) is 3. The number of fused-ring (bicyclic) bond motifs is 1. The minimum absolute atomic E-state index is 0.000285. The zero-order valence-corrected chi connectivity index (χ0v) is 19.6. The van der Waals surface area contributed by atoms with E-state index in [-0.39, 0.29) is 60.1 Å². The first kappa shape index (κ1) is 22.6. The second-order valence-electron chi connectivity index (χ2n) is 8.76. The van der Waals surface area contributed by atoms with Crippen LogP contribution in [-0.4, -0.2) is 75.6 Å². The molecule has 5 rings (SSSR count). The van der Waals surface area contributed by atoms with Crippen LogP contribution in [0.2, 0.25) is 0 Å². The molecule has 3 aliphatic rings. The van der Waals surface area contributed by atoms with Crippen molar-refractivity contribution in [1.82, 2.24) is 20.2 Å². The predicted molar refractivity (Wildman–Crippen MR) is 123 cm³/mol. The lowest BCUT2D eigenvalue weighted by atomic mass is 9.80. The van der Waals surface area contributed by atoms with Crippen molar-refractivity contribution in [1.29, 1.82) is 0 Å². The Balaban J connectivity index is 1.23. The lowest BCUT2D eigenvalue weighted by molar-refractivity contribution is -0.128. The van der Waals surface area contributed by atoms with Gasteiger partial charge in [0.15, 0.2) is 11.6 Å². The molecule has 174 valence electrons. The summed E-state index contributed by atoms with van der Waals surface area (Å²) < 4.78 is 5.61. The van der Waals surface area contributed by atoms with Crippen LogP contribution in [0.25, 0.3) is 10.6 Å². The summed E-state index contributed by atoms with van der Waals surface area (Å²) >= 11 is 7.78. The predicted octanol–water partition coefficient (Wildman–Crippen LogP) is 2.32. The first-order valence-corrected chi connectivity index (χ1v) is 12.5. The Morgan fingerprint density at radius 1 is 1.24 bits per heavy atom. The number of rotatable bonds is 6. The van der Waals surface area contributed by atoms with Gasteiger partial charge in [-0.3, -0.25) is 29.3 Å². The Bertz CT molecular complexity index is 1050. The van der Waals surface area contributed by atoms with Crippen LogP contribution in [0.3, 0.4) is 0 Å². The lowest BCUT2D eigenvalue weighted by Crippen LogP contribution is -2.52. The van der Waals surface area contributed by atoms with Crippen molar-refractivity contribution in [3.8, 4) is 10.6 Å². The Morgan fingerprint density at radius 3 is 2.91 bits per heavy atom. The van der Waals surface area contributed by atoms with E-state index in [1.54, 1.807) is 24.7 Å². The highest BCUT2D eigenvalue weighted by Gasteiger charge is 2.53. The van der Waals surface area contributed by atoms with Gasteiger partial charge >= 0.3 is 0 Å². The van der Waals surface area contributed by atoms with Crippen LogP contribution >= 0.6 is 22.9 Å². The van der Waals surface area contributed by atoms with Gasteiger partial charge in [-0.2, -0.15) is 0 Å². The van der Waals surface area contributed by atoms with E-state index in [9.17, 15) is 14.4 Å². The van der Waals surface area contributed by atoms with Gasteiger partial charge in [0.1, 0.15) is 6.61 Å². The zero-order chi connectivity index (χ0) is 22.9. The van der Waals surface area contributed by atoms with Crippen molar-refractivity contribution in [2.24, 2.45) is 5.92 Å². The molecule has 2 saturated heterocycles. The summed E-state index contributed by atoms with van der Waals surface area (Å²) in [6.45, 7) is 0.604. The molecule has 0 radical (unpaired) electrons. The van der Waals surface area contributed by atoms with Crippen molar-refractivity contribution >= 4 is 40.4 Å². The molecule has 2 aromatic rings. The summed E-state index contributed by atoms with van der Waals surface area (Å²) in [6.07, 6.45) is 8.13. The van der Waals surface area contributed by atoms with Gasteiger partial charge in [0, 0.05) is 30.9 Å². The third-order valence-electron chi connectivity index (χ3n) is 6.80. The molecule has 33 heavy (non-hydrogen) atoms. The van der Waals surface area contributed by atoms with E-state index in [4.69, 9.17) is 16.3 Å². The summed E-state index contributed by atoms with van der Waals surface area (Å²) in [6, 6.07) is 3.16. The second kappa shape index (κ2) is 9.58. The number of carbonyl (C=O) groups excluding carboxylic acids is 3. The molecule has 0 aromatic carbocycles. The molecule has 0 spiro atoms. The van der Waals surface area contributed by atoms with E-state index < -0.39 is 0 Å². The van der Waals surface area contributed by atoms with E-state index in [0.29, 0.717) is 17.1 Å². The second-order valence-corrected chi connectivity index (χ2v) is 10.4. The zero-order valence-electron chi connectivity index (χ0n) is 18.0. The van der Waals surface area contributed by atoms with Gasteiger partial charge in [-0.1, -0.05) is 12.8 Å². The van der Waals surface area contributed by atoms with Crippen molar-refractivity contribution in [3.63, 3.8) is 0 Å². The number of likely N-dealkylation sites (tertiary alicyclic amines) is 1. The maximum Gasteiger partial charge on any atom is 0.261 e. The van der Waals surface area contributed by atoms with Crippen LogP contribution in [-0.2, 0) is 14.3 Å². The van der Waals surface area contributed by atoms with Crippen molar-refractivity contribution < 1.29 is 19.1 Å². The molecule has 2 aliphatic heterocycles. The maximum absolute atomic E-state index is 13.2. The molecule has 3 fully saturated rings. The SMILES string of the molecule is O=C(NCC(=O)[C@H]1CCCCC1N1C[C@H](Cl)[C@H]2OCC(=O)[C@H]21)c1ccc(-c2cnccn2)s1. The Hall–Kier alpha value is -2.20. The topological polar surface area (TPSA) is 101 Å². The number of ether oxygens (including phenoxy) is 1. The molecular weight excluding hydrogens is 464 g/mol. The van der Waals surface area contributed by atoms with Crippen LogP contribution in [0, 0.1) is 5.92 Å². The molecule has 1 amide bonds. The summed E-state index contributed by atoms with van der Waals surface area (Å²) in [5.41, 5.74) is 0.703. The Morgan fingerprint density at radius 2 is 2.09 bits per heavy atom. The van der Waals surface area contributed by atoms with Gasteiger partial charge in [0.2, 0.25) is 0 Å². The third-order valence-corrected chi connectivity index (χ3v) is 8.29. The first-order valence-electron chi connectivity index (χ1n) is 11.2. The fourth-order valence-corrected chi connectivity index (χ4v) is 6.52. The molecule has 5 atom stereocenters. The van der Waals surface area contributed by atoms with Crippen LogP contribution in [0.1, 0.15) is 35.4 Å². The van der Waals surface area contributed by atoms with Gasteiger partial charge in [0.05, 0.1) is 45.7 Å². The molecule has 1 N–H and O–H groups in total. The summed E-state index contributed by atoms with van der Waals surface area (Å²) in [4.78, 5) is 50.1. The van der Waals surface area contributed by atoms with Gasteiger partial charge in [0.25, 0.3) is 5.91 Å². The van der Waals surface area contributed by atoms with E-state index in [1.165, 1.54) is 11.3 Å². The van der Waals surface area contributed by atoms with E-state index in [2.05, 4.69) is 20.2 Å². The number of thiophene rings is 1. The third kappa shape index (κ3) is 4.47. The highest BCUT2D eigenvalue weighted by molar-refractivity contribution is 7.17. The van der Waals surface area contributed by atoms with Crippen LogP contribution in [0.4, 0.5) is 0 Å². The van der Waals surface area contributed by atoms with Crippen LogP contribution < -0.4 is 5.32 Å². The molecule has 0 bridgehead atoms.